The van der Waals surface area contributed by atoms with E-state index >= 15 is 0 Å². The van der Waals surface area contributed by atoms with Crippen LogP contribution in [-0.2, 0) is 6.42 Å². The predicted molar refractivity (Wildman–Crippen MR) is 92.9 cm³/mol. The van der Waals surface area contributed by atoms with Crippen LogP contribution in [0, 0.1) is 11.3 Å². The van der Waals surface area contributed by atoms with Crippen molar-refractivity contribution in [1.82, 2.24) is 10.3 Å². The molecule has 0 radical (unpaired) electrons. The van der Waals surface area contributed by atoms with Gasteiger partial charge < -0.3 is 5.32 Å². The Balaban J connectivity index is 2.65. The molecule has 0 aliphatic rings. The molecule has 0 spiro atoms. The van der Waals surface area contributed by atoms with Gasteiger partial charge >= 0.3 is 0 Å². The molecule has 0 amide bonds. The van der Waals surface area contributed by atoms with E-state index in [2.05, 4.69) is 44.9 Å². The van der Waals surface area contributed by atoms with Gasteiger partial charge in [0.2, 0.25) is 0 Å². The topological polar surface area (TPSA) is 24.9 Å². The van der Waals surface area contributed by atoms with E-state index in [1.165, 1.54) is 18.4 Å². The van der Waals surface area contributed by atoms with E-state index in [1.54, 1.807) is 6.20 Å². The molecule has 0 aliphatic carbocycles. The molecule has 0 aliphatic heterocycles. The Bertz CT molecular complexity index is 412. The highest BCUT2D eigenvalue weighted by molar-refractivity contribution is 6.31. The van der Waals surface area contributed by atoms with Crippen LogP contribution in [0.5, 0.6) is 0 Å². The van der Waals surface area contributed by atoms with E-state index in [0.717, 1.165) is 24.4 Å². The number of nitrogens with zero attached hydrogens (tertiary/aromatic N) is 1. The Morgan fingerprint density at radius 1 is 1.33 bits per heavy atom. The Labute approximate surface area is 135 Å². The molecule has 3 heteroatoms. The van der Waals surface area contributed by atoms with E-state index in [1.807, 2.05) is 12.3 Å². The van der Waals surface area contributed by atoms with Crippen molar-refractivity contribution in [2.75, 3.05) is 6.54 Å². The van der Waals surface area contributed by atoms with Crippen molar-refractivity contribution < 1.29 is 0 Å². The molecule has 2 nitrogen and oxygen atoms in total. The van der Waals surface area contributed by atoms with Gasteiger partial charge in [0, 0.05) is 18.4 Å². The first-order chi connectivity index (χ1) is 9.81. The van der Waals surface area contributed by atoms with E-state index in [9.17, 15) is 0 Å². The lowest BCUT2D eigenvalue weighted by atomic mass is 9.82. The standard InChI is InChI=1S/C18H31ClN2/c1-6-8-21-16(10-14(2)12-18(3,4)5)11-15-7-9-20-13-17(15)19/h7,9,13-14,16,21H,6,8,10-12H2,1-5H3. The van der Waals surface area contributed by atoms with Gasteiger partial charge in [-0.15, -0.1) is 0 Å². The Hall–Kier alpha value is -0.600. The number of hydrogen-bond donors (Lipinski definition) is 1. The van der Waals surface area contributed by atoms with Crippen LogP contribution < -0.4 is 5.32 Å². The maximum atomic E-state index is 6.26. The van der Waals surface area contributed by atoms with Gasteiger partial charge in [0.05, 0.1) is 5.02 Å². The van der Waals surface area contributed by atoms with Crippen molar-refractivity contribution >= 4 is 11.6 Å². The minimum absolute atomic E-state index is 0.392. The molecule has 1 aromatic heterocycles. The summed E-state index contributed by atoms with van der Waals surface area (Å²) in [5.74, 6) is 0.708. The number of aromatic nitrogens is 1. The second-order valence-corrected chi connectivity index (χ2v) is 7.84. The van der Waals surface area contributed by atoms with E-state index in [0.29, 0.717) is 17.4 Å². The van der Waals surface area contributed by atoms with E-state index < -0.39 is 0 Å². The van der Waals surface area contributed by atoms with Gasteiger partial charge in [0.1, 0.15) is 0 Å². The molecular formula is C18H31ClN2. The molecule has 1 N–H and O–H groups in total. The summed E-state index contributed by atoms with van der Waals surface area (Å²) in [6.45, 7) is 12.6. The van der Waals surface area contributed by atoms with Crippen molar-refractivity contribution in [1.29, 1.82) is 0 Å². The highest BCUT2D eigenvalue weighted by Crippen LogP contribution is 2.27. The van der Waals surface area contributed by atoms with Gasteiger partial charge in [-0.25, -0.2) is 0 Å². The third-order valence-electron chi connectivity index (χ3n) is 3.65. The van der Waals surface area contributed by atoms with E-state index in [-0.39, 0.29) is 0 Å². The smallest absolute Gasteiger partial charge is 0.0621 e. The summed E-state index contributed by atoms with van der Waals surface area (Å²) in [4.78, 5) is 4.07. The fourth-order valence-electron chi connectivity index (χ4n) is 3.04. The lowest BCUT2D eigenvalue weighted by Crippen LogP contribution is -2.34. The molecular weight excluding hydrogens is 280 g/mol. The first kappa shape index (κ1) is 18.4. The van der Waals surface area contributed by atoms with Gasteiger partial charge in [0.25, 0.3) is 0 Å². The molecule has 1 rings (SSSR count). The van der Waals surface area contributed by atoms with Crippen molar-refractivity contribution in [3.05, 3.63) is 29.0 Å². The van der Waals surface area contributed by atoms with Crippen molar-refractivity contribution in [3.63, 3.8) is 0 Å². The fraction of sp³-hybridized carbons (Fsp3) is 0.722. The molecule has 0 bridgehead atoms. The molecule has 1 heterocycles. The molecule has 0 fully saturated rings. The number of nitrogens with one attached hydrogen (secondary N) is 1. The van der Waals surface area contributed by atoms with Crippen LogP contribution in [0.1, 0.15) is 59.4 Å². The number of halogens is 1. The molecule has 0 saturated heterocycles. The van der Waals surface area contributed by atoms with Gasteiger partial charge in [-0.3, -0.25) is 4.98 Å². The molecule has 2 unspecified atom stereocenters. The van der Waals surface area contributed by atoms with Crippen molar-refractivity contribution in [3.8, 4) is 0 Å². The monoisotopic (exact) mass is 310 g/mol. The lowest BCUT2D eigenvalue weighted by molar-refractivity contribution is 0.274. The minimum atomic E-state index is 0.392. The quantitative estimate of drug-likeness (QED) is 0.722. The van der Waals surface area contributed by atoms with Crippen molar-refractivity contribution in [2.45, 2.75) is 66.3 Å². The van der Waals surface area contributed by atoms with Gasteiger partial charge in [-0.1, -0.05) is 46.2 Å². The summed E-state index contributed by atoms with van der Waals surface area (Å²) in [5.41, 5.74) is 1.59. The highest BCUT2D eigenvalue weighted by Gasteiger charge is 2.19. The van der Waals surface area contributed by atoms with Crippen LogP contribution >= 0.6 is 11.6 Å². The van der Waals surface area contributed by atoms with Crippen LogP contribution in [0.15, 0.2) is 18.5 Å². The zero-order chi connectivity index (χ0) is 15.9. The van der Waals surface area contributed by atoms with Gasteiger partial charge in [-0.05, 0) is 55.2 Å². The molecule has 2 atom stereocenters. The zero-order valence-corrected chi connectivity index (χ0v) is 15.0. The summed E-state index contributed by atoms with van der Waals surface area (Å²) < 4.78 is 0. The zero-order valence-electron chi connectivity index (χ0n) is 14.2. The summed E-state index contributed by atoms with van der Waals surface area (Å²) in [7, 11) is 0. The van der Waals surface area contributed by atoms with Gasteiger partial charge in [0.15, 0.2) is 0 Å². The summed E-state index contributed by atoms with van der Waals surface area (Å²) in [6, 6.07) is 2.53. The Morgan fingerprint density at radius 3 is 2.62 bits per heavy atom. The largest absolute Gasteiger partial charge is 0.314 e. The Kier molecular flexibility index (Phi) is 7.69. The van der Waals surface area contributed by atoms with Gasteiger partial charge in [-0.2, -0.15) is 0 Å². The van der Waals surface area contributed by atoms with Crippen LogP contribution in [0.2, 0.25) is 5.02 Å². The minimum Gasteiger partial charge on any atom is -0.314 e. The molecule has 120 valence electrons. The Morgan fingerprint density at radius 2 is 2.05 bits per heavy atom. The van der Waals surface area contributed by atoms with Crippen LogP contribution in [0.4, 0.5) is 0 Å². The normalized spacial score (nSPS) is 15.0. The van der Waals surface area contributed by atoms with Crippen LogP contribution in [-0.4, -0.2) is 17.6 Å². The summed E-state index contributed by atoms with van der Waals surface area (Å²) in [6.07, 6.45) is 8.16. The lowest BCUT2D eigenvalue weighted by Gasteiger charge is -2.27. The van der Waals surface area contributed by atoms with Crippen molar-refractivity contribution in [2.24, 2.45) is 11.3 Å². The first-order valence-electron chi connectivity index (χ1n) is 8.13. The summed E-state index contributed by atoms with van der Waals surface area (Å²) >= 11 is 6.26. The average molecular weight is 311 g/mol. The second kappa shape index (κ2) is 8.75. The maximum Gasteiger partial charge on any atom is 0.0621 e. The maximum absolute atomic E-state index is 6.26. The second-order valence-electron chi connectivity index (χ2n) is 7.43. The van der Waals surface area contributed by atoms with Crippen LogP contribution in [0.25, 0.3) is 0 Å². The number of rotatable bonds is 8. The SMILES string of the molecule is CCCNC(Cc1ccncc1Cl)CC(C)CC(C)(C)C. The molecule has 0 aromatic carbocycles. The van der Waals surface area contributed by atoms with E-state index in [4.69, 9.17) is 11.6 Å². The first-order valence-corrected chi connectivity index (χ1v) is 8.51. The highest BCUT2D eigenvalue weighted by atomic mass is 35.5. The third kappa shape index (κ3) is 7.82. The third-order valence-corrected chi connectivity index (χ3v) is 3.99. The molecule has 1 aromatic rings. The number of pyridine rings is 1. The average Bonchev–Trinajstić information content (AvgIpc) is 2.36. The predicted octanol–water partition coefficient (Wildman–Crippen LogP) is 5.11. The van der Waals surface area contributed by atoms with Crippen LogP contribution in [0.3, 0.4) is 0 Å². The fourth-order valence-corrected chi connectivity index (χ4v) is 3.23. The number of hydrogen-bond acceptors (Lipinski definition) is 2. The molecule has 0 saturated carbocycles. The molecule has 21 heavy (non-hydrogen) atoms. The summed E-state index contributed by atoms with van der Waals surface area (Å²) in [5, 5.41) is 4.46.